The summed E-state index contributed by atoms with van der Waals surface area (Å²) in [6.07, 6.45) is 4.11. The summed E-state index contributed by atoms with van der Waals surface area (Å²) < 4.78 is 5.78. The van der Waals surface area contributed by atoms with Gasteiger partial charge in [-0.2, -0.15) is 0 Å². The molecule has 0 aliphatic carbocycles. The molecule has 2 rings (SSSR count). The second-order valence-corrected chi connectivity index (χ2v) is 6.00. The van der Waals surface area contributed by atoms with Crippen LogP contribution in [0, 0.1) is 0 Å². The summed E-state index contributed by atoms with van der Waals surface area (Å²) in [5.74, 6) is 0.650. The Balaban J connectivity index is 1.95. The molecule has 3 atom stereocenters. The quantitative estimate of drug-likeness (QED) is 0.857. The van der Waals surface area contributed by atoms with Crippen molar-refractivity contribution >= 4 is 5.69 Å². The number of hydrogen-bond acceptors (Lipinski definition) is 2. The molecule has 0 saturated carbocycles. The molecule has 3 unspecified atom stereocenters. The second kappa shape index (κ2) is 6.42. The van der Waals surface area contributed by atoms with E-state index in [0.717, 1.165) is 12.8 Å². The zero-order valence-electron chi connectivity index (χ0n) is 12.6. The van der Waals surface area contributed by atoms with Crippen LogP contribution in [-0.2, 0) is 4.74 Å². The van der Waals surface area contributed by atoms with E-state index in [4.69, 9.17) is 4.74 Å². The van der Waals surface area contributed by atoms with Crippen LogP contribution in [0.3, 0.4) is 0 Å². The van der Waals surface area contributed by atoms with E-state index < -0.39 is 0 Å². The molecule has 0 aromatic heterocycles. The molecule has 2 heteroatoms. The molecular weight excluding hydrogens is 234 g/mol. The highest BCUT2D eigenvalue weighted by molar-refractivity contribution is 5.46. The lowest BCUT2D eigenvalue weighted by molar-refractivity contribution is -0.0337. The van der Waals surface area contributed by atoms with Crippen molar-refractivity contribution in [3.63, 3.8) is 0 Å². The van der Waals surface area contributed by atoms with Crippen LogP contribution in [0.25, 0.3) is 0 Å². The van der Waals surface area contributed by atoms with Gasteiger partial charge in [0.05, 0.1) is 12.2 Å². The molecule has 0 bridgehead atoms. The zero-order valence-corrected chi connectivity index (χ0v) is 12.6. The molecule has 0 spiro atoms. The Bertz CT molecular complexity index is 377. The minimum atomic E-state index is 0.362. The number of benzene rings is 1. The molecule has 0 radical (unpaired) electrons. The van der Waals surface area contributed by atoms with Crippen molar-refractivity contribution in [1.29, 1.82) is 0 Å². The summed E-state index contributed by atoms with van der Waals surface area (Å²) in [5, 5.41) is 3.65. The highest BCUT2D eigenvalue weighted by Crippen LogP contribution is 2.24. The van der Waals surface area contributed by atoms with Crippen LogP contribution in [0.1, 0.15) is 58.4 Å². The summed E-state index contributed by atoms with van der Waals surface area (Å²) in [7, 11) is 0. The molecule has 1 heterocycles. The predicted octanol–water partition coefficient (Wildman–Crippen LogP) is 4.57. The van der Waals surface area contributed by atoms with Crippen molar-refractivity contribution in [1.82, 2.24) is 0 Å². The first kappa shape index (κ1) is 14.4. The molecule has 1 fully saturated rings. The van der Waals surface area contributed by atoms with E-state index in [0.29, 0.717) is 24.2 Å². The van der Waals surface area contributed by atoms with Crippen LogP contribution >= 0.6 is 0 Å². The van der Waals surface area contributed by atoms with Gasteiger partial charge in [0.1, 0.15) is 0 Å². The predicted molar refractivity (Wildman–Crippen MR) is 81.8 cm³/mol. The Hall–Kier alpha value is -1.02. The lowest BCUT2D eigenvalue weighted by atomic mass is 9.97. The molecule has 1 aliphatic heterocycles. The van der Waals surface area contributed by atoms with E-state index in [1.807, 2.05) is 0 Å². The largest absolute Gasteiger partial charge is 0.382 e. The molecular formula is C17H27NO. The van der Waals surface area contributed by atoms with Gasteiger partial charge >= 0.3 is 0 Å². The maximum atomic E-state index is 5.78. The van der Waals surface area contributed by atoms with E-state index in [1.54, 1.807) is 0 Å². The maximum Gasteiger partial charge on any atom is 0.0570 e. The van der Waals surface area contributed by atoms with Crippen molar-refractivity contribution in [2.75, 3.05) is 5.32 Å². The number of anilines is 1. The molecule has 1 saturated heterocycles. The van der Waals surface area contributed by atoms with Gasteiger partial charge in [0.15, 0.2) is 0 Å². The van der Waals surface area contributed by atoms with Crippen LogP contribution in [0.4, 0.5) is 5.69 Å². The van der Waals surface area contributed by atoms with Gasteiger partial charge in [0, 0.05) is 11.7 Å². The van der Waals surface area contributed by atoms with Gasteiger partial charge in [-0.15, -0.1) is 0 Å². The Labute approximate surface area is 117 Å². The fourth-order valence-corrected chi connectivity index (χ4v) is 2.90. The fraction of sp³-hybridized carbons (Fsp3) is 0.647. The SMILES string of the molecule is CCC(C)c1ccc(NC2CC(C)OC(C)C2)cc1. The van der Waals surface area contributed by atoms with Gasteiger partial charge in [-0.05, 0) is 56.7 Å². The summed E-state index contributed by atoms with van der Waals surface area (Å²) in [6, 6.07) is 9.47. The molecule has 19 heavy (non-hydrogen) atoms. The number of rotatable bonds is 4. The van der Waals surface area contributed by atoms with Gasteiger partial charge < -0.3 is 10.1 Å². The van der Waals surface area contributed by atoms with Crippen LogP contribution in [0.15, 0.2) is 24.3 Å². The highest BCUT2D eigenvalue weighted by atomic mass is 16.5. The maximum absolute atomic E-state index is 5.78. The van der Waals surface area contributed by atoms with Crippen molar-refractivity contribution in [3.8, 4) is 0 Å². The van der Waals surface area contributed by atoms with E-state index >= 15 is 0 Å². The summed E-state index contributed by atoms with van der Waals surface area (Å²) in [5.41, 5.74) is 2.67. The third kappa shape index (κ3) is 3.97. The third-order valence-electron chi connectivity index (χ3n) is 4.16. The first-order valence-corrected chi connectivity index (χ1v) is 7.60. The van der Waals surface area contributed by atoms with Gasteiger partial charge in [-0.3, -0.25) is 0 Å². The number of ether oxygens (including phenoxy) is 1. The van der Waals surface area contributed by atoms with Crippen LogP contribution in [0.2, 0.25) is 0 Å². The normalized spacial score (nSPS) is 28.9. The number of hydrogen-bond donors (Lipinski definition) is 1. The average molecular weight is 261 g/mol. The van der Waals surface area contributed by atoms with Crippen LogP contribution in [0.5, 0.6) is 0 Å². The third-order valence-corrected chi connectivity index (χ3v) is 4.16. The lowest BCUT2D eigenvalue weighted by Gasteiger charge is -2.33. The minimum Gasteiger partial charge on any atom is -0.382 e. The van der Waals surface area contributed by atoms with E-state index in [9.17, 15) is 0 Å². The van der Waals surface area contributed by atoms with E-state index in [-0.39, 0.29) is 0 Å². The first-order chi connectivity index (χ1) is 9.08. The molecule has 2 nitrogen and oxygen atoms in total. The molecule has 1 N–H and O–H groups in total. The monoisotopic (exact) mass is 261 g/mol. The van der Waals surface area contributed by atoms with Gasteiger partial charge in [-0.1, -0.05) is 26.0 Å². The van der Waals surface area contributed by atoms with Crippen molar-refractivity contribution < 1.29 is 4.74 Å². The molecule has 106 valence electrons. The summed E-state index contributed by atoms with van der Waals surface area (Å²) in [4.78, 5) is 0. The molecule has 1 aromatic rings. The molecule has 0 amide bonds. The lowest BCUT2D eigenvalue weighted by Crippen LogP contribution is -2.36. The Morgan fingerprint density at radius 3 is 2.26 bits per heavy atom. The second-order valence-electron chi connectivity index (χ2n) is 6.00. The van der Waals surface area contributed by atoms with E-state index in [2.05, 4.69) is 57.3 Å². The highest BCUT2D eigenvalue weighted by Gasteiger charge is 2.24. The fourth-order valence-electron chi connectivity index (χ4n) is 2.90. The van der Waals surface area contributed by atoms with Crippen molar-refractivity contribution in [3.05, 3.63) is 29.8 Å². The molecule has 1 aliphatic rings. The smallest absolute Gasteiger partial charge is 0.0570 e. The van der Waals surface area contributed by atoms with Crippen LogP contribution < -0.4 is 5.32 Å². The average Bonchev–Trinajstić information content (AvgIpc) is 2.37. The minimum absolute atomic E-state index is 0.362. The standard InChI is InChI=1S/C17H27NO/c1-5-12(2)15-6-8-16(9-7-15)18-17-10-13(3)19-14(4)11-17/h6-9,12-14,17-18H,5,10-11H2,1-4H3. The van der Waals surface area contributed by atoms with Gasteiger partial charge in [0.25, 0.3) is 0 Å². The van der Waals surface area contributed by atoms with Gasteiger partial charge in [-0.25, -0.2) is 0 Å². The molecule has 1 aromatic carbocycles. The Morgan fingerprint density at radius 2 is 1.74 bits per heavy atom. The number of nitrogens with one attached hydrogen (secondary N) is 1. The van der Waals surface area contributed by atoms with E-state index in [1.165, 1.54) is 17.7 Å². The Morgan fingerprint density at radius 1 is 1.16 bits per heavy atom. The van der Waals surface area contributed by atoms with Crippen LogP contribution in [-0.4, -0.2) is 18.2 Å². The summed E-state index contributed by atoms with van der Waals surface area (Å²) in [6.45, 7) is 8.85. The summed E-state index contributed by atoms with van der Waals surface area (Å²) >= 11 is 0. The van der Waals surface area contributed by atoms with Crippen molar-refractivity contribution in [2.45, 2.75) is 71.1 Å². The Kier molecular flexibility index (Phi) is 4.87. The first-order valence-electron chi connectivity index (χ1n) is 7.60. The van der Waals surface area contributed by atoms with Gasteiger partial charge in [0.2, 0.25) is 0 Å². The van der Waals surface area contributed by atoms with Crippen molar-refractivity contribution in [2.24, 2.45) is 0 Å². The topological polar surface area (TPSA) is 21.3 Å². The zero-order chi connectivity index (χ0) is 13.8.